The molecular formula is C16H13ClN2O5S. The van der Waals surface area contributed by atoms with Crippen molar-refractivity contribution in [2.24, 2.45) is 0 Å². The van der Waals surface area contributed by atoms with Crippen LogP contribution in [-0.2, 0) is 14.4 Å². The van der Waals surface area contributed by atoms with Crippen molar-refractivity contribution in [2.75, 3.05) is 13.2 Å². The number of carboxylic acids is 1. The second-order valence-corrected chi connectivity index (χ2v) is 5.69. The Bertz CT molecular complexity index is 806. The average Bonchev–Trinajstić information content (AvgIpc) is 2.54. The Morgan fingerprint density at radius 3 is 2.76 bits per heavy atom. The van der Waals surface area contributed by atoms with Crippen LogP contribution in [0.25, 0.3) is 6.08 Å². The Labute approximate surface area is 153 Å². The van der Waals surface area contributed by atoms with Gasteiger partial charge in [0.2, 0.25) is 0 Å². The number of thiocarbonyl (C=S) groups is 1. The zero-order valence-corrected chi connectivity index (χ0v) is 14.4. The highest BCUT2D eigenvalue weighted by molar-refractivity contribution is 7.80. The van der Waals surface area contributed by atoms with Gasteiger partial charge in [0.25, 0.3) is 11.8 Å². The fourth-order valence-electron chi connectivity index (χ4n) is 2.02. The molecule has 1 fully saturated rings. The predicted molar refractivity (Wildman–Crippen MR) is 95.2 cm³/mol. The third-order valence-electron chi connectivity index (χ3n) is 3.12. The SMILES string of the molecule is C=CCN1C(=O)/C(=C/c2ccc(OCC(=O)O)c(Cl)c2)C(=O)NC1=S. The first-order valence-corrected chi connectivity index (χ1v) is 7.76. The highest BCUT2D eigenvalue weighted by atomic mass is 35.5. The van der Waals surface area contributed by atoms with Gasteiger partial charge in [0.15, 0.2) is 11.7 Å². The second kappa shape index (κ2) is 7.91. The molecular weight excluding hydrogens is 368 g/mol. The molecule has 2 N–H and O–H groups in total. The van der Waals surface area contributed by atoms with E-state index >= 15 is 0 Å². The number of halogens is 1. The largest absolute Gasteiger partial charge is 0.480 e. The molecule has 9 heteroatoms. The molecule has 0 atom stereocenters. The number of nitrogens with one attached hydrogen (secondary N) is 1. The van der Waals surface area contributed by atoms with E-state index in [4.69, 9.17) is 33.7 Å². The molecule has 1 aliphatic rings. The van der Waals surface area contributed by atoms with Crippen LogP contribution in [0.4, 0.5) is 0 Å². The van der Waals surface area contributed by atoms with E-state index in [9.17, 15) is 14.4 Å². The molecule has 1 saturated heterocycles. The van der Waals surface area contributed by atoms with E-state index in [1.54, 1.807) is 6.07 Å². The van der Waals surface area contributed by atoms with Gasteiger partial charge in [-0.05, 0) is 36.0 Å². The lowest BCUT2D eigenvalue weighted by molar-refractivity contribution is -0.139. The topological polar surface area (TPSA) is 95.9 Å². The van der Waals surface area contributed by atoms with Crippen molar-refractivity contribution >= 4 is 52.8 Å². The molecule has 0 aliphatic carbocycles. The minimum atomic E-state index is -1.13. The average molecular weight is 381 g/mol. The van der Waals surface area contributed by atoms with Gasteiger partial charge in [-0.15, -0.1) is 6.58 Å². The lowest BCUT2D eigenvalue weighted by Gasteiger charge is -2.27. The maximum Gasteiger partial charge on any atom is 0.341 e. The summed E-state index contributed by atoms with van der Waals surface area (Å²) in [5.74, 6) is -2.11. The molecule has 0 bridgehead atoms. The van der Waals surface area contributed by atoms with E-state index in [1.165, 1.54) is 29.2 Å². The lowest BCUT2D eigenvalue weighted by atomic mass is 10.1. The maximum atomic E-state index is 12.4. The van der Waals surface area contributed by atoms with Crippen molar-refractivity contribution in [1.82, 2.24) is 10.2 Å². The van der Waals surface area contributed by atoms with Gasteiger partial charge in [0.1, 0.15) is 11.3 Å². The molecule has 0 aromatic heterocycles. The van der Waals surface area contributed by atoms with Crippen LogP contribution in [0.2, 0.25) is 5.02 Å². The van der Waals surface area contributed by atoms with Crippen LogP contribution < -0.4 is 10.1 Å². The van der Waals surface area contributed by atoms with Crippen LogP contribution in [0.5, 0.6) is 5.75 Å². The molecule has 1 heterocycles. The zero-order chi connectivity index (χ0) is 18.6. The number of ether oxygens (including phenoxy) is 1. The summed E-state index contributed by atoms with van der Waals surface area (Å²) in [6.45, 7) is 3.18. The summed E-state index contributed by atoms with van der Waals surface area (Å²) >= 11 is 11.0. The quantitative estimate of drug-likeness (QED) is 0.337. The molecule has 1 aromatic rings. The van der Waals surface area contributed by atoms with Crippen molar-refractivity contribution in [3.05, 3.63) is 47.0 Å². The number of hydrogen-bond acceptors (Lipinski definition) is 5. The van der Waals surface area contributed by atoms with Gasteiger partial charge in [-0.25, -0.2) is 4.79 Å². The first kappa shape index (κ1) is 18.6. The van der Waals surface area contributed by atoms with Crippen LogP contribution >= 0.6 is 23.8 Å². The zero-order valence-electron chi connectivity index (χ0n) is 12.8. The number of rotatable bonds is 6. The molecule has 1 aromatic carbocycles. The minimum absolute atomic E-state index is 0.0162. The second-order valence-electron chi connectivity index (χ2n) is 4.89. The summed E-state index contributed by atoms with van der Waals surface area (Å²) in [4.78, 5) is 36.2. The Hall–Kier alpha value is -2.71. The summed E-state index contributed by atoms with van der Waals surface area (Å²) in [5, 5.41) is 11.2. The van der Waals surface area contributed by atoms with Crippen molar-refractivity contribution in [2.45, 2.75) is 0 Å². The molecule has 2 rings (SSSR count). The molecule has 1 aliphatic heterocycles. The third kappa shape index (κ3) is 4.43. The van der Waals surface area contributed by atoms with Gasteiger partial charge in [0, 0.05) is 6.54 Å². The van der Waals surface area contributed by atoms with E-state index in [1.807, 2.05) is 0 Å². The standard InChI is InChI=1S/C16H13ClN2O5S/c1-2-5-19-15(23)10(14(22)18-16(19)25)6-9-3-4-12(11(17)7-9)24-8-13(20)21/h2-4,6-7H,1,5,8H2,(H,20,21)(H,18,22,25)/b10-6+. The van der Waals surface area contributed by atoms with Gasteiger partial charge < -0.3 is 9.84 Å². The van der Waals surface area contributed by atoms with E-state index in [0.29, 0.717) is 5.56 Å². The molecule has 0 saturated carbocycles. The van der Waals surface area contributed by atoms with Gasteiger partial charge in [0.05, 0.1) is 5.02 Å². The molecule has 130 valence electrons. The fraction of sp³-hybridized carbons (Fsp3) is 0.125. The number of benzene rings is 1. The van der Waals surface area contributed by atoms with Gasteiger partial charge in [-0.1, -0.05) is 23.7 Å². The van der Waals surface area contributed by atoms with Crippen molar-refractivity contribution in [1.29, 1.82) is 0 Å². The monoisotopic (exact) mass is 380 g/mol. The molecule has 7 nitrogen and oxygen atoms in total. The number of carbonyl (C=O) groups excluding carboxylic acids is 2. The molecule has 0 spiro atoms. The fourth-order valence-corrected chi connectivity index (χ4v) is 2.51. The van der Waals surface area contributed by atoms with Crippen molar-refractivity contribution in [3.8, 4) is 5.75 Å². The number of aliphatic carboxylic acids is 1. The number of amides is 2. The Morgan fingerprint density at radius 2 is 2.16 bits per heavy atom. The normalized spacial score (nSPS) is 16.0. The first-order valence-electron chi connectivity index (χ1n) is 6.97. The maximum absolute atomic E-state index is 12.4. The summed E-state index contributed by atoms with van der Waals surface area (Å²) in [6, 6.07) is 4.45. The van der Waals surface area contributed by atoms with Gasteiger partial charge in [-0.3, -0.25) is 19.8 Å². The van der Waals surface area contributed by atoms with Gasteiger partial charge in [-0.2, -0.15) is 0 Å². The van der Waals surface area contributed by atoms with E-state index in [0.717, 1.165) is 0 Å². The summed E-state index contributed by atoms with van der Waals surface area (Å²) in [5.41, 5.74) is 0.364. The van der Waals surface area contributed by atoms with E-state index < -0.39 is 24.4 Å². The van der Waals surface area contributed by atoms with Crippen LogP contribution in [-0.4, -0.2) is 46.1 Å². The summed E-state index contributed by atoms with van der Waals surface area (Å²) < 4.78 is 5.01. The Kier molecular flexibility index (Phi) is 5.89. The van der Waals surface area contributed by atoms with Crippen LogP contribution in [0, 0.1) is 0 Å². The number of carboxylic acid groups (broad SMARTS) is 1. The summed E-state index contributed by atoms with van der Waals surface area (Å²) in [6.07, 6.45) is 2.85. The van der Waals surface area contributed by atoms with E-state index in [2.05, 4.69) is 11.9 Å². The smallest absolute Gasteiger partial charge is 0.341 e. The highest BCUT2D eigenvalue weighted by Crippen LogP contribution is 2.27. The van der Waals surface area contributed by atoms with Crippen LogP contribution in [0.1, 0.15) is 5.56 Å². The van der Waals surface area contributed by atoms with Crippen LogP contribution in [0.15, 0.2) is 36.4 Å². The predicted octanol–water partition coefficient (Wildman–Crippen LogP) is 1.62. The number of carbonyl (C=O) groups is 3. The van der Waals surface area contributed by atoms with Crippen molar-refractivity contribution in [3.63, 3.8) is 0 Å². The Morgan fingerprint density at radius 1 is 1.44 bits per heavy atom. The van der Waals surface area contributed by atoms with Gasteiger partial charge >= 0.3 is 5.97 Å². The Balaban J connectivity index is 2.28. The third-order valence-corrected chi connectivity index (χ3v) is 3.73. The first-order chi connectivity index (χ1) is 11.8. The summed E-state index contributed by atoms with van der Waals surface area (Å²) in [7, 11) is 0. The highest BCUT2D eigenvalue weighted by Gasteiger charge is 2.32. The van der Waals surface area contributed by atoms with Crippen LogP contribution in [0.3, 0.4) is 0 Å². The molecule has 0 unspecified atom stereocenters. The van der Waals surface area contributed by atoms with Crippen molar-refractivity contribution < 1.29 is 24.2 Å². The number of hydrogen-bond donors (Lipinski definition) is 2. The number of nitrogens with zero attached hydrogens (tertiary/aromatic N) is 1. The molecule has 25 heavy (non-hydrogen) atoms. The lowest BCUT2D eigenvalue weighted by Crippen LogP contribution is -2.53. The van der Waals surface area contributed by atoms with E-state index in [-0.39, 0.29) is 28.0 Å². The molecule has 0 radical (unpaired) electrons. The molecule has 2 amide bonds. The minimum Gasteiger partial charge on any atom is -0.480 e.